The normalized spacial score (nSPS) is 17.9. The maximum atomic E-state index is 14.2. The van der Waals surface area contributed by atoms with Crippen LogP contribution in [0.3, 0.4) is 0 Å². The highest BCUT2D eigenvalue weighted by molar-refractivity contribution is 6.34. The minimum Gasteiger partial charge on any atom is -0.490 e. The second-order valence-electron chi connectivity index (χ2n) is 7.79. The third-order valence-corrected chi connectivity index (χ3v) is 6.23. The first-order valence-electron chi connectivity index (χ1n) is 9.72. The number of hydrogen-bond donors (Lipinski definition) is 2. The number of nitrogens with one attached hydrogen (secondary N) is 1. The van der Waals surface area contributed by atoms with Crippen LogP contribution in [0.1, 0.15) is 24.8 Å². The highest BCUT2D eigenvalue weighted by atomic mass is 35.5. The molecular formula is C21H19Cl2F3N2O3. The van der Waals surface area contributed by atoms with Crippen molar-refractivity contribution < 1.29 is 27.8 Å². The van der Waals surface area contributed by atoms with Gasteiger partial charge in [-0.2, -0.15) is 0 Å². The first kappa shape index (κ1) is 22.0. The Morgan fingerprint density at radius 2 is 1.71 bits per heavy atom. The fourth-order valence-electron chi connectivity index (χ4n) is 3.93. The molecule has 0 radical (unpaired) electrons. The van der Waals surface area contributed by atoms with E-state index in [1.54, 1.807) is 0 Å². The van der Waals surface area contributed by atoms with E-state index in [9.17, 15) is 23.1 Å². The second kappa shape index (κ2) is 8.41. The SMILES string of the molecule is O=C1CCc2c(OCC3(O)CCN(c4c(F)cc(Cl)cc4F)CC3)cc(F)c(Cl)c2N1. The number of piperidine rings is 1. The lowest BCUT2D eigenvalue weighted by Gasteiger charge is -2.39. The lowest BCUT2D eigenvalue weighted by molar-refractivity contribution is -0.116. The van der Waals surface area contributed by atoms with Crippen molar-refractivity contribution in [3.05, 3.63) is 51.3 Å². The van der Waals surface area contributed by atoms with E-state index in [1.165, 1.54) is 4.90 Å². The molecule has 4 rings (SSSR count). The number of hydrogen-bond acceptors (Lipinski definition) is 4. The predicted octanol–water partition coefficient (Wildman–Crippen LogP) is 4.71. The monoisotopic (exact) mass is 474 g/mol. The van der Waals surface area contributed by atoms with E-state index < -0.39 is 23.1 Å². The Morgan fingerprint density at radius 1 is 1.06 bits per heavy atom. The van der Waals surface area contributed by atoms with Crippen molar-refractivity contribution in [2.24, 2.45) is 0 Å². The van der Waals surface area contributed by atoms with E-state index in [0.717, 1.165) is 18.2 Å². The summed E-state index contributed by atoms with van der Waals surface area (Å²) in [5, 5.41) is 13.2. The molecule has 1 fully saturated rings. The van der Waals surface area contributed by atoms with Gasteiger partial charge in [0.15, 0.2) is 11.6 Å². The summed E-state index contributed by atoms with van der Waals surface area (Å²) in [6.45, 7) is 0.241. The van der Waals surface area contributed by atoms with Gasteiger partial charge in [0.1, 0.15) is 34.5 Å². The molecule has 0 spiro atoms. The van der Waals surface area contributed by atoms with Crippen LogP contribution >= 0.6 is 23.2 Å². The van der Waals surface area contributed by atoms with Gasteiger partial charge < -0.3 is 20.1 Å². The third-order valence-electron chi connectivity index (χ3n) is 5.64. The number of carbonyl (C=O) groups is 1. The van der Waals surface area contributed by atoms with E-state index in [1.807, 2.05) is 0 Å². The van der Waals surface area contributed by atoms with Gasteiger partial charge in [0.2, 0.25) is 5.91 Å². The van der Waals surface area contributed by atoms with Gasteiger partial charge in [-0.1, -0.05) is 23.2 Å². The van der Waals surface area contributed by atoms with Crippen LogP contribution < -0.4 is 15.0 Å². The van der Waals surface area contributed by atoms with Crippen LogP contribution in [0.5, 0.6) is 5.75 Å². The first-order valence-corrected chi connectivity index (χ1v) is 10.5. The molecule has 5 nitrogen and oxygen atoms in total. The maximum absolute atomic E-state index is 14.2. The van der Waals surface area contributed by atoms with Crippen LogP contribution in [-0.2, 0) is 11.2 Å². The van der Waals surface area contributed by atoms with Gasteiger partial charge >= 0.3 is 0 Å². The summed E-state index contributed by atoms with van der Waals surface area (Å²) in [5.74, 6) is -2.34. The van der Waals surface area contributed by atoms with Crippen LogP contribution in [0, 0.1) is 17.5 Å². The van der Waals surface area contributed by atoms with Gasteiger partial charge in [-0.05, 0) is 31.4 Å². The Morgan fingerprint density at radius 3 is 2.35 bits per heavy atom. The Labute approximate surface area is 186 Å². The number of nitrogens with zero attached hydrogens (tertiary/aromatic N) is 1. The third kappa shape index (κ3) is 4.42. The molecule has 10 heteroatoms. The van der Waals surface area contributed by atoms with Crippen molar-refractivity contribution in [1.29, 1.82) is 0 Å². The molecule has 2 aliphatic heterocycles. The topological polar surface area (TPSA) is 61.8 Å². The van der Waals surface area contributed by atoms with Gasteiger partial charge in [0, 0.05) is 36.2 Å². The highest BCUT2D eigenvalue weighted by Crippen LogP contribution is 2.40. The number of aliphatic hydroxyl groups is 1. The standard InChI is InChI=1S/C21H19Cl2F3N2O3/c22-11-7-14(25)20(15(26)8-11)28-5-3-21(30,4-6-28)10-31-16-9-13(24)18(23)19-12(16)1-2-17(29)27-19/h7-9,30H,1-6,10H2,(H,27,29). The van der Waals surface area contributed by atoms with E-state index in [-0.39, 0.29) is 72.0 Å². The minimum atomic E-state index is -1.27. The van der Waals surface area contributed by atoms with E-state index in [4.69, 9.17) is 27.9 Å². The molecule has 0 bridgehead atoms. The number of ether oxygens (including phenoxy) is 1. The summed E-state index contributed by atoms with van der Waals surface area (Å²) >= 11 is 11.6. The van der Waals surface area contributed by atoms with Crippen LogP contribution in [0.4, 0.5) is 24.5 Å². The minimum absolute atomic E-state index is 0.0321. The van der Waals surface area contributed by atoms with Crippen molar-refractivity contribution >= 4 is 40.5 Å². The number of amides is 1. The Balaban J connectivity index is 1.46. The summed E-state index contributed by atoms with van der Waals surface area (Å²) < 4.78 is 48.3. The van der Waals surface area contributed by atoms with Crippen LogP contribution in [0.15, 0.2) is 18.2 Å². The van der Waals surface area contributed by atoms with Crippen molar-refractivity contribution in [2.45, 2.75) is 31.3 Å². The van der Waals surface area contributed by atoms with E-state index in [0.29, 0.717) is 12.0 Å². The summed E-state index contributed by atoms with van der Waals surface area (Å²) in [4.78, 5) is 13.1. The average molecular weight is 475 g/mol. The average Bonchev–Trinajstić information content (AvgIpc) is 2.70. The Bertz CT molecular complexity index is 1020. The molecule has 1 saturated heterocycles. The zero-order valence-corrected chi connectivity index (χ0v) is 17.8. The van der Waals surface area contributed by atoms with E-state index in [2.05, 4.69) is 5.32 Å². The second-order valence-corrected chi connectivity index (χ2v) is 8.60. The number of fused-ring (bicyclic) bond motifs is 1. The summed E-state index contributed by atoms with van der Waals surface area (Å²) in [7, 11) is 0. The van der Waals surface area contributed by atoms with Gasteiger partial charge in [0.25, 0.3) is 0 Å². The van der Waals surface area contributed by atoms with E-state index >= 15 is 0 Å². The molecule has 0 aliphatic carbocycles. The maximum Gasteiger partial charge on any atom is 0.224 e. The van der Waals surface area contributed by atoms with Crippen LogP contribution in [0.2, 0.25) is 10.0 Å². The molecule has 2 aromatic rings. The molecule has 0 aromatic heterocycles. The molecule has 1 amide bonds. The fraction of sp³-hybridized carbons (Fsp3) is 0.381. The molecular weight excluding hydrogens is 456 g/mol. The zero-order chi connectivity index (χ0) is 22.3. The molecule has 0 unspecified atom stereocenters. The number of rotatable bonds is 4. The summed E-state index contributed by atoms with van der Waals surface area (Å²) in [6, 6.07) is 3.22. The number of carbonyl (C=O) groups excluding carboxylic acids is 1. The smallest absolute Gasteiger partial charge is 0.224 e. The largest absolute Gasteiger partial charge is 0.490 e. The van der Waals surface area contributed by atoms with Gasteiger partial charge in [-0.15, -0.1) is 0 Å². The van der Waals surface area contributed by atoms with Crippen molar-refractivity contribution in [1.82, 2.24) is 0 Å². The summed E-state index contributed by atoms with van der Waals surface area (Å²) in [5.41, 5.74) is -0.700. The molecule has 2 N–H and O–H groups in total. The number of halogens is 5. The lowest BCUT2D eigenvalue weighted by atomic mass is 9.92. The molecule has 0 saturated carbocycles. The first-order chi connectivity index (χ1) is 14.7. The molecule has 166 valence electrons. The van der Waals surface area contributed by atoms with Gasteiger partial charge in [-0.25, -0.2) is 13.2 Å². The Hall–Kier alpha value is -2.16. The molecule has 2 aliphatic rings. The van der Waals surface area contributed by atoms with Crippen LogP contribution in [-0.4, -0.2) is 36.3 Å². The number of anilines is 2. The Kier molecular flexibility index (Phi) is 5.98. The molecule has 0 atom stereocenters. The summed E-state index contributed by atoms with van der Waals surface area (Å²) in [6.07, 6.45) is 0.910. The fourth-order valence-corrected chi connectivity index (χ4v) is 4.34. The molecule has 2 aromatic carbocycles. The van der Waals surface area contributed by atoms with Crippen molar-refractivity contribution in [2.75, 3.05) is 29.9 Å². The zero-order valence-electron chi connectivity index (χ0n) is 16.3. The highest BCUT2D eigenvalue weighted by Gasteiger charge is 2.35. The van der Waals surface area contributed by atoms with Gasteiger partial charge in [0.05, 0.1) is 5.69 Å². The lowest BCUT2D eigenvalue weighted by Crippen LogP contribution is -2.48. The predicted molar refractivity (Wildman–Crippen MR) is 112 cm³/mol. The quantitative estimate of drug-likeness (QED) is 0.673. The molecule has 31 heavy (non-hydrogen) atoms. The van der Waals surface area contributed by atoms with Gasteiger partial charge in [-0.3, -0.25) is 4.79 Å². The number of benzene rings is 2. The van der Waals surface area contributed by atoms with Crippen LogP contribution in [0.25, 0.3) is 0 Å². The van der Waals surface area contributed by atoms with Crippen molar-refractivity contribution in [3.63, 3.8) is 0 Å². The van der Waals surface area contributed by atoms with Crippen molar-refractivity contribution in [3.8, 4) is 5.75 Å². The molecule has 2 heterocycles.